The fourth-order valence-corrected chi connectivity index (χ4v) is 2.35. The molecule has 0 saturated heterocycles. The molecule has 0 unspecified atom stereocenters. The summed E-state index contributed by atoms with van der Waals surface area (Å²) in [6.45, 7) is 2.17. The van der Waals surface area contributed by atoms with Gasteiger partial charge >= 0.3 is 0 Å². The fraction of sp³-hybridized carbons (Fsp3) is 0.211. The van der Waals surface area contributed by atoms with Crippen LogP contribution in [0.15, 0.2) is 48.5 Å². The van der Waals surface area contributed by atoms with E-state index in [1.807, 2.05) is 18.2 Å². The molecular formula is C19H20N4OS. The van der Waals surface area contributed by atoms with Crippen molar-refractivity contribution in [3.05, 3.63) is 65.2 Å². The van der Waals surface area contributed by atoms with E-state index in [1.54, 1.807) is 24.3 Å². The second kappa shape index (κ2) is 9.40. The number of anilines is 1. The lowest BCUT2D eigenvalue weighted by Gasteiger charge is -2.12. The second-order valence-corrected chi connectivity index (χ2v) is 5.93. The molecule has 0 atom stereocenters. The molecule has 25 heavy (non-hydrogen) atoms. The van der Waals surface area contributed by atoms with Gasteiger partial charge in [0, 0.05) is 11.3 Å². The number of rotatable bonds is 5. The van der Waals surface area contributed by atoms with E-state index in [0.29, 0.717) is 16.2 Å². The van der Waals surface area contributed by atoms with E-state index in [4.69, 9.17) is 17.5 Å². The lowest BCUT2D eigenvalue weighted by atomic mass is 10.1. The summed E-state index contributed by atoms with van der Waals surface area (Å²) in [4.78, 5) is 12.0. The van der Waals surface area contributed by atoms with Gasteiger partial charge in [0.15, 0.2) is 5.11 Å². The zero-order chi connectivity index (χ0) is 18.1. The number of hydrogen-bond donors (Lipinski definition) is 3. The molecule has 0 fully saturated rings. The number of carbonyl (C=O) groups excluding carboxylic acids is 1. The van der Waals surface area contributed by atoms with Gasteiger partial charge in [0.05, 0.1) is 11.6 Å². The first-order chi connectivity index (χ1) is 12.1. The van der Waals surface area contributed by atoms with Gasteiger partial charge in [-0.05, 0) is 67.0 Å². The molecule has 0 spiro atoms. The molecule has 1 amide bonds. The lowest BCUT2D eigenvalue weighted by Crippen LogP contribution is -2.43. The predicted octanol–water partition coefficient (Wildman–Crippen LogP) is 3.53. The van der Waals surface area contributed by atoms with Gasteiger partial charge in [0.25, 0.3) is 5.91 Å². The molecule has 5 nitrogen and oxygen atoms in total. The van der Waals surface area contributed by atoms with Gasteiger partial charge in [-0.25, -0.2) is 0 Å². The lowest BCUT2D eigenvalue weighted by molar-refractivity contribution is 0.0944. The molecule has 0 heterocycles. The van der Waals surface area contributed by atoms with Crippen LogP contribution in [-0.2, 0) is 6.42 Å². The number of nitrogens with zero attached hydrogens (tertiary/aromatic N) is 1. The number of amides is 1. The summed E-state index contributed by atoms with van der Waals surface area (Å²) >= 11 is 5.17. The van der Waals surface area contributed by atoms with E-state index < -0.39 is 0 Å². The summed E-state index contributed by atoms with van der Waals surface area (Å²) in [5.41, 5.74) is 8.27. The number of hydrogen-bond acceptors (Lipinski definition) is 3. The third kappa shape index (κ3) is 5.90. The van der Waals surface area contributed by atoms with Crippen LogP contribution in [0.4, 0.5) is 5.69 Å². The van der Waals surface area contributed by atoms with Crippen LogP contribution >= 0.6 is 12.2 Å². The fourth-order valence-electron chi connectivity index (χ4n) is 2.18. The Balaban J connectivity index is 1.81. The van der Waals surface area contributed by atoms with E-state index >= 15 is 0 Å². The average Bonchev–Trinajstić information content (AvgIpc) is 2.65. The van der Waals surface area contributed by atoms with Crippen LogP contribution in [0, 0.1) is 11.3 Å². The van der Waals surface area contributed by atoms with E-state index in [0.717, 1.165) is 12.1 Å². The molecule has 3 N–H and O–H groups in total. The molecule has 0 bridgehead atoms. The number of aryl methyl sites for hydroxylation is 1. The third-order valence-electron chi connectivity index (χ3n) is 3.60. The highest BCUT2D eigenvalue weighted by Gasteiger charge is 2.06. The third-order valence-corrected chi connectivity index (χ3v) is 3.80. The molecule has 2 rings (SSSR count). The minimum atomic E-state index is -0.330. The smallest absolute Gasteiger partial charge is 0.269 e. The van der Waals surface area contributed by atoms with Gasteiger partial charge in [-0.3, -0.25) is 15.6 Å². The van der Waals surface area contributed by atoms with E-state index in [-0.39, 0.29) is 5.91 Å². The van der Waals surface area contributed by atoms with Crippen molar-refractivity contribution in [2.24, 2.45) is 0 Å². The first-order valence-corrected chi connectivity index (χ1v) is 8.49. The van der Waals surface area contributed by atoms with Gasteiger partial charge in [0.1, 0.15) is 0 Å². The van der Waals surface area contributed by atoms with Crippen molar-refractivity contribution >= 4 is 28.9 Å². The zero-order valence-corrected chi connectivity index (χ0v) is 14.8. The quantitative estimate of drug-likeness (QED) is 0.567. The summed E-state index contributed by atoms with van der Waals surface area (Å²) in [6.07, 6.45) is 3.42. The van der Waals surface area contributed by atoms with Crippen molar-refractivity contribution in [1.29, 1.82) is 5.26 Å². The molecule has 0 radical (unpaired) electrons. The Bertz CT molecular complexity index is 764. The van der Waals surface area contributed by atoms with Crippen LogP contribution in [0.1, 0.15) is 41.3 Å². The Morgan fingerprint density at radius 3 is 2.36 bits per heavy atom. The van der Waals surface area contributed by atoms with Gasteiger partial charge in [-0.1, -0.05) is 25.5 Å². The van der Waals surface area contributed by atoms with Crippen LogP contribution in [-0.4, -0.2) is 11.0 Å². The predicted molar refractivity (Wildman–Crippen MR) is 103 cm³/mol. The van der Waals surface area contributed by atoms with Crippen LogP contribution in [0.2, 0.25) is 0 Å². The topological polar surface area (TPSA) is 76.9 Å². The second-order valence-electron chi connectivity index (χ2n) is 5.52. The average molecular weight is 352 g/mol. The Morgan fingerprint density at radius 2 is 1.76 bits per heavy atom. The van der Waals surface area contributed by atoms with Crippen LogP contribution in [0.5, 0.6) is 0 Å². The van der Waals surface area contributed by atoms with Gasteiger partial charge < -0.3 is 5.32 Å². The summed E-state index contributed by atoms with van der Waals surface area (Å²) < 4.78 is 0. The Morgan fingerprint density at radius 1 is 1.08 bits per heavy atom. The van der Waals surface area contributed by atoms with Crippen molar-refractivity contribution in [3.8, 4) is 6.07 Å². The van der Waals surface area contributed by atoms with E-state index in [1.165, 1.54) is 18.4 Å². The van der Waals surface area contributed by atoms with Crippen LogP contribution < -0.4 is 16.2 Å². The van der Waals surface area contributed by atoms with Crippen molar-refractivity contribution in [2.75, 3.05) is 5.32 Å². The highest BCUT2D eigenvalue weighted by Crippen LogP contribution is 2.11. The van der Waals surface area contributed by atoms with E-state index in [2.05, 4.69) is 35.2 Å². The molecule has 0 saturated carbocycles. The zero-order valence-electron chi connectivity index (χ0n) is 14.0. The van der Waals surface area contributed by atoms with Gasteiger partial charge in [0.2, 0.25) is 0 Å². The molecular weight excluding hydrogens is 332 g/mol. The Kier molecular flexibility index (Phi) is 6.93. The number of nitrogens with one attached hydrogen (secondary N) is 3. The summed E-state index contributed by atoms with van der Waals surface area (Å²) in [5.74, 6) is -0.330. The summed E-state index contributed by atoms with van der Waals surface area (Å²) in [6, 6.07) is 16.4. The molecule has 2 aromatic carbocycles. The number of hydrazine groups is 1. The van der Waals surface area contributed by atoms with Crippen LogP contribution in [0.25, 0.3) is 0 Å². The molecule has 0 aliphatic carbocycles. The molecule has 0 aromatic heterocycles. The molecule has 0 aliphatic heterocycles. The highest BCUT2D eigenvalue weighted by molar-refractivity contribution is 7.80. The minimum absolute atomic E-state index is 0.295. The first kappa shape index (κ1) is 18.4. The Labute approximate surface area is 153 Å². The van der Waals surface area contributed by atoms with E-state index in [9.17, 15) is 4.79 Å². The monoisotopic (exact) mass is 352 g/mol. The SMILES string of the molecule is CCCCc1ccc(NC(=S)NNC(=O)c2ccc(C#N)cc2)cc1. The normalized spacial score (nSPS) is 9.76. The van der Waals surface area contributed by atoms with Crippen LogP contribution in [0.3, 0.4) is 0 Å². The van der Waals surface area contributed by atoms with Crippen molar-refractivity contribution < 1.29 is 4.79 Å². The standard InChI is InChI=1S/C19H20N4OS/c1-2-3-4-14-7-11-17(12-8-14)21-19(25)23-22-18(24)16-9-5-15(13-20)6-10-16/h5-12H,2-4H2,1H3,(H,22,24)(H2,21,23,25). The summed E-state index contributed by atoms with van der Waals surface area (Å²) in [7, 11) is 0. The largest absolute Gasteiger partial charge is 0.331 e. The van der Waals surface area contributed by atoms with Crippen molar-refractivity contribution in [1.82, 2.24) is 10.9 Å². The van der Waals surface area contributed by atoms with Crippen molar-refractivity contribution in [3.63, 3.8) is 0 Å². The molecule has 128 valence electrons. The Hall–Kier alpha value is -2.91. The van der Waals surface area contributed by atoms with Gasteiger partial charge in [-0.15, -0.1) is 0 Å². The summed E-state index contributed by atoms with van der Waals surface area (Å²) in [5, 5.41) is 12.1. The molecule has 6 heteroatoms. The maximum Gasteiger partial charge on any atom is 0.269 e. The highest BCUT2D eigenvalue weighted by atomic mass is 32.1. The maximum atomic E-state index is 12.0. The number of unbranched alkanes of at least 4 members (excludes halogenated alkanes) is 1. The number of nitriles is 1. The molecule has 0 aliphatic rings. The first-order valence-electron chi connectivity index (χ1n) is 8.09. The number of carbonyl (C=O) groups is 1. The maximum absolute atomic E-state index is 12.0. The number of benzene rings is 2. The number of thiocarbonyl (C=S) groups is 1. The minimum Gasteiger partial charge on any atom is -0.331 e. The molecule has 2 aromatic rings. The van der Waals surface area contributed by atoms with Gasteiger partial charge in [-0.2, -0.15) is 5.26 Å². The van der Waals surface area contributed by atoms with Crippen molar-refractivity contribution in [2.45, 2.75) is 26.2 Å².